The van der Waals surface area contributed by atoms with Gasteiger partial charge in [0.1, 0.15) is 5.75 Å². The molecule has 0 aliphatic carbocycles. The third-order valence-corrected chi connectivity index (χ3v) is 2.34. The van der Waals surface area contributed by atoms with Gasteiger partial charge in [-0.05, 0) is 30.2 Å². The zero-order valence-corrected chi connectivity index (χ0v) is 9.64. The van der Waals surface area contributed by atoms with Crippen LogP contribution in [-0.4, -0.2) is 23.0 Å². The largest absolute Gasteiger partial charge is 0.548 e. The number of carbonyl (C=O) groups excluding carboxylic acids is 2. The molecular formula is C12H14NO4-. The summed E-state index contributed by atoms with van der Waals surface area (Å²) in [5, 5.41) is 22.2. The second kappa shape index (κ2) is 5.34. The van der Waals surface area contributed by atoms with Gasteiger partial charge in [0.2, 0.25) is 0 Å². The fourth-order valence-electron chi connectivity index (χ4n) is 1.34. The van der Waals surface area contributed by atoms with E-state index in [4.69, 9.17) is 5.11 Å². The van der Waals surface area contributed by atoms with Crippen molar-refractivity contribution in [2.75, 3.05) is 0 Å². The molecule has 0 unspecified atom stereocenters. The fraction of sp³-hybridized carbons (Fsp3) is 0.333. The molecule has 92 valence electrons. The van der Waals surface area contributed by atoms with Crippen molar-refractivity contribution in [3.05, 3.63) is 29.8 Å². The van der Waals surface area contributed by atoms with Crippen LogP contribution in [0.25, 0.3) is 0 Å². The Kier molecular flexibility index (Phi) is 4.09. The maximum Gasteiger partial charge on any atom is 0.251 e. The number of rotatable bonds is 4. The molecule has 5 nitrogen and oxygen atoms in total. The molecule has 1 aromatic rings. The smallest absolute Gasteiger partial charge is 0.251 e. The maximum atomic E-state index is 11.7. The highest BCUT2D eigenvalue weighted by Gasteiger charge is 2.17. The third kappa shape index (κ3) is 3.48. The SMILES string of the molecule is CC(C)[C@H](NC(=O)c1ccc(O)cc1)C(=O)[O-]. The highest BCUT2D eigenvalue weighted by molar-refractivity contribution is 5.96. The Balaban J connectivity index is 2.77. The first-order valence-electron chi connectivity index (χ1n) is 5.22. The Labute approximate surface area is 99.1 Å². The van der Waals surface area contributed by atoms with E-state index in [2.05, 4.69) is 5.32 Å². The number of aliphatic carboxylic acids is 1. The van der Waals surface area contributed by atoms with Crippen LogP contribution in [0.4, 0.5) is 0 Å². The quantitative estimate of drug-likeness (QED) is 0.763. The Morgan fingerprint density at radius 3 is 2.18 bits per heavy atom. The molecule has 0 fully saturated rings. The minimum absolute atomic E-state index is 0.0434. The van der Waals surface area contributed by atoms with E-state index in [0.29, 0.717) is 0 Å². The van der Waals surface area contributed by atoms with E-state index in [1.54, 1.807) is 13.8 Å². The standard InChI is InChI=1S/C12H15NO4/c1-7(2)10(12(16)17)13-11(15)8-3-5-9(14)6-4-8/h3-7,10,14H,1-2H3,(H,13,15)(H,16,17)/p-1/t10-/m0/s1. The molecule has 0 radical (unpaired) electrons. The summed E-state index contributed by atoms with van der Waals surface area (Å²) in [4.78, 5) is 22.5. The van der Waals surface area contributed by atoms with Gasteiger partial charge in [0.25, 0.3) is 5.91 Å². The minimum atomic E-state index is -1.31. The zero-order chi connectivity index (χ0) is 13.0. The number of phenols is 1. The van der Waals surface area contributed by atoms with Crippen LogP contribution in [-0.2, 0) is 4.79 Å². The van der Waals surface area contributed by atoms with Crippen LogP contribution in [0.15, 0.2) is 24.3 Å². The van der Waals surface area contributed by atoms with Crippen molar-refractivity contribution in [1.29, 1.82) is 0 Å². The average Bonchev–Trinajstić information content (AvgIpc) is 2.25. The zero-order valence-electron chi connectivity index (χ0n) is 9.64. The molecule has 0 heterocycles. The van der Waals surface area contributed by atoms with Gasteiger partial charge in [-0.3, -0.25) is 4.79 Å². The highest BCUT2D eigenvalue weighted by Crippen LogP contribution is 2.10. The van der Waals surface area contributed by atoms with Crippen molar-refractivity contribution >= 4 is 11.9 Å². The number of carboxylic acid groups (broad SMARTS) is 1. The van der Waals surface area contributed by atoms with Crippen LogP contribution in [0.1, 0.15) is 24.2 Å². The van der Waals surface area contributed by atoms with Crippen molar-refractivity contribution in [3.8, 4) is 5.75 Å². The second-order valence-corrected chi connectivity index (χ2v) is 4.06. The van der Waals surface area contributed by atoms with Crippen molar-refractivity contribution in [1.82, 2.24) is 5.32 Å². The summed E-state index contributed by atoms with van der Waals surface area (Å²) < 4.78 is 0. The van der Waals surface area contributed by atoms with Gasteiger partial charge in [0, 0.05) is 5.56 Å². The number of hydrogen-bond donors (Lipinski definition) is 2. The number of nitrogens with one attached hydrogen (secondary N) is 1. The lowest BCUT2D eigenvalue weighted by molar-refractivity contribution is -0.309. The van der Waals surface area contributed by atoms with Crippen molar-refractivity contribution in [3.63, 3.8) is 0 Å². The topological polar surface area (TPSA) is 89.5 Å². The van der Waals surface area contributed by atoms with Crippen LogP contribution in [0.2, 0.25) is 0 Å². The summed E-state index contributed by atoms with van der Waals surface area (Å²) in [6.07, 6.45) is 0. The molecule has 5 heteroatoms. The first kappa shape index (κ1) is 13.0. The molecular weight excluding hydrogens is 222 g/mol. The molecule has 0 aliphatic rings. The number of carboxylic acids is 1. The summed E-state index contributed by atoms with van der Waals surface area (Å²) in [5.41, 5.74) is 0.287. The number of carbonyl (C=O) groups is 2. The Bertz CT molecular complexity index is 411. The third-order valence-electron chi connectivity index (χ3n) is 2.34. The molecule has 0 saturated heterocycles. The van der Waals surface area contributed by atoms with E-state index in [1.807, 2.05) is 0 Å². The molecule has 17 heavy (non-hydrogen) atoms. The average molecular weight is 236 g/mol. The summed E-state index contributed by atoms with van der Waals surface area (Å²) >= 11 is 0. The van der Waals surface area contributed by atoms with Gasteiger partial charge in [-0.15, -0.1) is 0 Å². The monoisotopic (exact) mass is 236 g/mol. The number of hydrogen-bond acceptors (Lipinski definition) is 4. The van der Waals surface area contributed by atoms with Crippen molar-refractivity contribution < 1.29 is 19.8 Å². The van der Waals surface area contributed by atoms with Crippen LogP contribution in [0.5, 0.6) is 5.75 Å². The lowest BCUT2D eigenvalue weighted by Gasteiger charge is -2.23. The van der Waals surface area contributed by atoms with Gasteiger partial charge >= 0.3 is 0 Å². The van der Waals surface area contributed by atoms with Crippen LogP contribution >= 0.6 is 0 Å². The molecule has 0 aliphatic heterocycles. The number of amides is 1. The Hall–Kier alpha value is -2.04. The van der Waals surface area contributed by atoms with Crippen molar-refractivity contribution in [2.24, 2.45) is 5.92 Å². The van der Waals surface area contributed by atoms with E-state index in [9.17, 15) is 14.7 Å². The molecule has 0 saturated carbocycles. The van der Waals surface area contributed by atoms with Crippen LogP contribution < -0.4 is 10.4 Å². The second-order valence-electron chi connectivity index (χ2n) is 4.06. The predicted molar refractivity (Wildman–Crippen MR) is 59.2 cm³/mol. The molecule has 0 aromatic heterocycles. The normalized spacial score (nSPS) is 12.2. The molecule has 1 atom stereocenters. The lowest BCUT2D eigenvalue weighted by Crippen LogP contribution is -2.50. The predicted octanol–water partition coefficient (Wildman–Crippen LogP) is -0.104. The molecule has 1 aromatic carbocycles. The summed E-state index contributed by atoms with van der Waals surface area (Å²) in [5.74, 6) is -2.04. The van der Waals surface area contributed by atoms with Gasteiger partial charge in [0.15, 0.2) is 0 Å². The molecule has 1 rings (SSSR count). The highest BCUT2D eigenvalue weighted by atomic mass is 16.4. The fourth-order valence-corrected chi connectivity index (χ4v) is 1.34. The van der Waals surface area contributed by atoms with Gasteiger partial charge in [0.05, 0.1) is 12.0 Å². The summed E-state index contributed by atoms with van der Waals surface area (Å²) in [6, 6.07) is 4.52. The van der Waals surface area contributed by atoms with Crippen LogP contribution in [0.3, 0.4) is 0 Å². The Morgan fingerprint density at radius 1 is 1.24 bits per heavy atom. The number of aromatic hydroxyl groups is 1. The van der Waals surface area contributed by atoms with E-state index in [1.165, 1.54) is 24.3 Å². The minimum Gasteiger partial charge on any atom is -0.548 e. The number of phenolic OH excluding ortho intramolecular Hbond substituents is 1. The van der Waals surface area contributed by atoms with Gasteiger partial charge in [-0.2, -0.15) is 0 Å². The van der Waals surface area contributed by atoms with Gasteiger partial charge in [-0.25, -0.2) is 0 Å². The summed E-state index contributed by atoms with van der Waals surface area (Å²) in [7, 11) is 0. The van der Waals surface area contributed by atoms with E-state index >= 15 is 0 Å². The maximum absolute atomic E-state index is 11.7. The van der Waals surface area contributed by atoms with E-state index in [0.717, 1.165) is 0 Å². The van der Waals surface area contributed by atoms with Crippen LogP contribution in [0, 0.1) is 5.92 Å². The molecule has 0 spiro atoms. The first-order chi connectivity index (χ1) is 7.91. The summed E-state index contributed by atoms with van der Waals surface area (Å²) in [6.45, 7) is 3.36. The molecule has 2 N–H and O–H groups in total. The molecule has 1 amide bonds. The van der Waals surface area contributed by atoms with E-state index in [-0.39, 0.29) is 17.2 Å². The van der Waals surface area contributed by atoms with Crippen molar-refractivity contribution in [2.45, 2.75) is 19.9 Å². The van der Waals surface area contributed by atoms with E-state index < -0.39 is 17.9 Å². The van der Waals surface area contributed by atoms with Gasteiger partial charge in [-0.1, -0.05) is 13.8 Å². The number of benzene rings is 1. The Morgan fingerprint density at radius 2 is 1.76 bits per heavy atom. The first-order valence-corrected chi connectivity index (χ1v) is 5.22. The lowest BCUT2D eigenvalue weighted by atomic mass is 10.0. The molecule has 0 bridgehead atoms. The van der Waals surface area contributed by atoms with Gasteiger partial charge < -0.3 is 20.3 Å².